The molecule has 2 aromatic heterocycles. The van der Waals surface area contributed by atoms with E-state index in [0.29, 0.717) is 40.5 Å². The van der Waals surface area contributed by atoms with Gasteiger partial charge in [0.1, 0.15) is 0 Å². The number of halogens is 2. The standard InChI is InChI=1S/C20H15F2N5O2/c21-15-6-1-12(9-16(15)22)7-8-29-18-11-24-10-17-25-26-20(27(17)18)14-4-2-13(3-5-14)19(23)28/h1-6,9-11H,7-8H2,(H2,23,28). The number of fused-ring (bicyclic) bond motifs is 1. The molecule has 0 aliphatic heterocycles. The van der Waals surface area contributed by atoms with Gasteiger partial charge in [0.15, 0.2) is 23.1 Å². The number of rotatable bonds is 6. The Hall–Kier alpha value is -3.88. The molecule has 0 saturated heterocycles. The molecular weight excluding hydrogens is 380 g/mol. The lowest BCUT2D eigenvalue weighted by Crippen LogP contribution is -2.10. The molecule has 1 amide bonds. The molecule has 2 aromatic carbocycles. The van der Waals surface area contributed by atoms with Gasteiger partial charge in [-0.15, -0.1) is 10.2 Å². The molecule has 0 atom stereocenters. The average molecular weight is 395 g/mol. The van der Waals surface area contributed by atoms with Gasteiger partial charge in [-0.25, -0.2) is 13.2 Å². The van der Waals surface area contributed by atoms with Gasteiger partial charge in [-0.1, -0.05) is 18.2 Å². The van der Waals surface area contributed by atoms with Gasteiger partial charge in [-0.2, -0.15) is 0 Å². The summed E-state index contributed by atoms with van der Waals surface area (Å²) in [6.07, 6.45) is 3.43. The fourth-order valence-corrected chi connectivity index (χ4v) is 2.86. The summed E-state index contributed by atoms with van der Waals surface area (Å²) in [5, 5.41) is 8.26. The summed E-state index contributed by atoms with van der Waals surface area (Å²) >= 11 is 0. The van der Waals surface area contributed by atoms with E-state index in [0.717, 1.165) is 12.1 Å². The molecule has 29 heavy (non-hydrogen) atoms. The molecule has 0 saturated carbocycles. The second-order valence-corrected chi connectivity index (χ2v) is 6.25. The molecule has 4 rings (SSSR count). The van der Waals surface area contributed by atoms with Gasteiger partial charge in [-0.3, -0.25) is 9.78 Å². The minimum Gasteiger partial charge on any atom is -0.477 e. The predicted octanol–water partition coefficient (Wildman–Crippen LogP) is 2.79. The molecule has 0 bridgehead atoms. The summed E-state index contributed by atoms with van der Waals surface area (Å²) in [5.74, 6) is -1.41. The quantitative estimate of drug-likeness (QED) is 0.542. The van der Waals surface area contributed by atoms with Gasteiger partial charge >= 0.3 is 0 Å². The van der Waals surface area contributed by atoms with E-state index >= 15 is 0 Å². The Morgan fingerprint density at radius 2 is 1.83 bits per heavy atom. The Labute approximate surface area is 163 Å². The predicted molar refractivity (Wildman–Crippen MR) is 100 cm³/mol. The van der Waals surface area contributed by atoms with Crippen LogP contribution in [0.2, 0.25) is 0 Å². The van der Waals surface area contributed by atoms with E-state index in [-0.39, 0.29) is 6.61 Å². The molecule has 0 aliphatic carbocycles. The maximum atomic E-state index is 13.3. The number of nitrogens with two attached hydrogens (primary N) is 1. The topological polar surface area (TPSA) is 95.4 Å². The third kappa shape index (κ3) is 3.75. The van der Waals surface area contributed by atoms with Crippen LogP contribution >= 0.6 is 0 Å². The molecule has 146 valence electrons. The van der Waals surface area contributed by atoms with Crippen molar-refractivity contribution in [1.82, 2.24) is 19.6 Å². The number of carbonyl (C=O) groups excluding carboxylic acids is 1. The summed E-state index contributed by atoms with van der Waals surface area (Å²) in [6.45, 7) is 0.212. The SMILES string of the molecule is NC(=O)c1ccc(-c2nnc3cncc(OCCc4ccc(F)c(F)c4)n23)cc1. The van der Waals surface area contributed by atoms with Crippen molar-refractivity contribution in [1.29, 1.82) is 0 Å². The number of primary amides is 1. The molecule has 2 N–H and O–H groups in total. The number of benzene rings is 2. The first-order valence-electron chi connectivity index (χ1n) is 8.69. The first-order valence-corrected chi connectivity index (χ1v) is 8.69. The fourth-order valence-electron chi connectivity index (χ4n) is 2.86. The van der Waals surface area contributed by atoms with Crippen LogP contribution in [0.3, 0.4) is 0 Å². The van der Waals surface area contributed by atoms with Crippen LogP contribution < -0.4 is 10.5 Å². The second kappa shape index (κ2) is 7.63. The highest BCUT2D eigenvalue weighted by molar-refractivity contribution is 5.93. The molecule has 0 spiro atoms. The van der Waals surface area contributed by atoms with Crippen molar-refractivity contribution >= 4 is 11.6 Å². The molecule has 0 radical (unpaired) electrons. The van der Waals surface area contributed by atoms with Gasteiger partial charge in [0, 0.05) is 17.5 Å². The molecule has 7 nitrogen and oxygen atoms in total. The number of ether oxygens (including phenoxy) is 1. The summed E-state index contributed by atoms with van der Waals surface area (Å²) < 4.78 is 33.9. The Balaban J connectivity index is 1.59. The Kier molecular flexibility index (Phi) is 4.86. The smallest absolute Gasteiger partial charge is 0.248 e. The Morgan fingerprint density at radius 1 is 1.03 bits per heavy atom. The second-order valence-electron chi connectivity index (χ2n) is 6.25. The first-order chi connectivity index (χ1) is 14.0. The lowest BCUT2D eigenvalue weighted by atomic mass is 10.1. The van der Waals surface area contributed by atoms with E-state index in [1.165, 1.54) is 18.5 Å². The number of carbonyl (C=O) groups is 1. The molecule has 0 aliphatic rings. The van der Waals surface area contributed by atoms with Gasteiger partial charge in [0.05, 0.1) is 19.0 Å². The highest BCUT2D eigenvalue weighted by atomic mass is 19.2. The lowest BCUT2D eigenvalue weighted by molar-refractivity contribution is 0.100. The summed E-state index contributed by atoms with van der Waals surface area (Å²) in [5.41, 5.74) is 7.44. The monoisotopic (exact) mass is 395 g/mol. The Morgan fingerprint density at radius 3 is 2.55 bits per heavy atom. The Bertz CT molecular complexity index is 1190. The van der Waals surface area contributed by atoms with Crippen molar-refractivity contribution in [2.45, 2.75) is 6.42 Å². The van der Waals surface area contributed by atoms with Crippen LogP contribution in [0.4, 0.5) is 8.78 Å². The lowest BCUT2D eigenvalue weighted by Gasteiger charge is -2.10. The number of amides is 1. The fraction of sp³-hybridized carbons (Fsp3) is 0.100. The molecule has 2 heterocycles. The third-order valence-electron chi connectivity index (χ3n) is 4.34. The first kappa shape index (κ1) is 18.5. The van der Waals surface area contributed by atoms with Gasteiger partial charge in [-0.05, 0) is 29.8 Å². The maximum absolute atomic E-state index is 13.3. The summed E-state index contributed by atoms with van der Waals surface area (Å²) in [4.78, 5) is 15.3. The van der Waals surface area contributed by atoms with Crippen molar-refractivity contribution < 1.29 is 18.3 Å². The highest BCUT2D eigenvalue weighted by Gasteiger charge is 2.14. The minimum absolute atomic E-state index is 0.212. The molecule has 0 fully saturated rings. The van der Waals surface area contributed by atoms with E-state index in [2.05, 4.69) is 15.2 Å². The molecular formula is C20H15F2N5O2. The zero-order valence-corrected chi connectivity index (χ0v) is 15.0. The van der Waals surface area contributed by atoms with Crippen molar-refractivity contribution in [3.05, 3.63) is 77.6 Å². The zero-order valence-electron chi connectivity index (χ0n) is 15.0. The van der Waals surface area contributed by atoms with E-state index in [1.54, 1.807) is 28.7 Å². The van der Waals surface area contributed by atoms with Crippen LogP contribution in [0, 0.1) is 11.6 Å². The van der Waals surface area contributed by atoms with Crippen LogP contribution in [0.25, 0.3) is 17.0 Å². The van der Waals surface area contributed by atoms with Crippen LogP contribution in [-0.2, 0) is 6.42 Å². The van der Waals surface area contributed by atoms with E-state index in [9.17, 15) is 13.6 Å². The minimum atomic E-state index is -0.897. The van der Waals surface area contributed by atoms with Gasteiger partial charge < -0.3 is 10.5 Å². The third-order valence-corrected chi connectivity index (χ3v) is 4.34. The van der Waals surface area contributed by atoms with E-state index < -0.39 is 17.5 Å². The van der Waals surface area contributed by atoms with Crippen molar-refractivity contribution in [3.63, 3.8) is 0 Å². The van der Waals surface area contributed by atoms with Crippen molar-refractivity contribution in [2.24, 2.45) is 5.73 Å². The van der Waals surface area contributed by atoms with Crippen LogP contribution in [0.5, 0.6) is 5.88 Å². The van der Waals surface area contributed by atoms with Crippen molar-refractivity contribution in [2.75, 3.05) is 6.61 Å². The molecule has 9 heteroatoms. The summed E-state index contributed by atoms with van der Waals surface area (Å²) in [7, 11) is 0. The van der Waals surface area contributed by atoms with E-state index in [4.69, 9.17) is 10.5 Å². The van der Waals surface area contributed by atoms with Crippen molar-refractivity contribution in [3.8, 4) is 17.3 Å². The zero-order chi connectivity index (χ0) is 20.4. The summed E-state index contributed by atoms with van der Waals surface area (Å²) in [6, 6.07) is 10.4. The number of hydrogen-bond donors (Lipinski definition) is 1. The van der Waals surface area contributed by atoms with Crippen LogP contribution in [-0.4, -0.2) is 32.1 Å². The normalized spacial score (nSPS) is 11.0. The van der Waals surface area contributed by atoms with Crippen LogP contribution in [0.1, 0.15) is 15.9 Å². The number of hydrogen-bond acceptors (Lipinski definition) is 5. The number of aromatic nitrogens is 4. The maximum Gasteiger partial charge on any atom is 0.248 e. The highest BCUT2D eigenvalue weighted by Crippen LogP contribution is 2.23. The number of nitrogens with zero attached hydrogens (tertiary/aromatic N) is 4. The average Bonchev–Trinajstić information content (AvgIpc) is 3.16. The largest absolute Gasteiger partial charge is 0.477 e. The van der Waals surface area contributed by atoms with Crippen LogP contribution in [0.15, 0.2) is 54.9 Å². The van der Waals surface area contributed by atoms with E-state index in [1.807, 2.05) is 0 Å². The van der Waals surface area contributed by atoms with Gasteiger partial charge in [0.25, 0.3) is 0 Å². The molecule has 4 aromatic rings. The van der Waals surface area contributed by atoms with Gasteiger partial charge in [0.2, 0.25) is 11.8 Å². The molecule has 0 unspecified atom stereocenters.